The van der Waals surface area contributed by atoms with E-state index >= 15 is 0 Å². The van der Waals surface area contributed by atoms with Crippen molar-refractivity contribution in [3.63, 3.8) is 0 Å². The van der Waals surface area contributed by atoms with Gasteiger partial charge in [0.2, 0.25) is 11.0 Å². The number of para-hydroxylation sites is 1. The summed E-state index contributed by atoms with van der Waals surface area (Å²) in [6, 6.07) is 8.24. The predicted octanol–water partition coefficient (Wildman–Crippen LogP) is 3.86. The molecule has 1 saturated carbocycles. The SMILES string of the molecule is O=C(CCCc1c[nH]c2ccccc12)Nc1nnc(C2CC2)s1. The van der Waals surface area contributed by atoms with Crippen LogP contribution in [0, 0.1) is 0 Å². The van der Waals surface area contributed by atoms with E-state index in [1.165, 1.54) is 35.1 Å². The van der Waals surface area contributed by atoms with Gasteiger partial charge in [-0.05, 0) is 37.3 Å². The Balaban J connectivity index is 1.29. The number of aromatic amines is 1. The van der Waals surface area contributed by atoms with Crippen molar-refractivity contribution in [2.75, 3.05) is 5.32 Å². The highest BCUT2D eigenvalue weighted by Gasteiger charge is 2.27. The van der Waals surface area contributed by atoms with Gasteiger partial charge in [0, 0.05) is 29.4 Å². The van der Waals surface area contributed by atoms with E-state index < -0.39 is 0 Å². The summed E-state index contributed by atoms with van der Waals surface area (Å²) >= 11 is 1.51. The first kappa shape index (κ1) is 14.4. The molecule has 0 bridgehead atoms. The number of carbonyl (C=O) groups is 1. The van der Waals surface area contributed by atoms with Crippen LogP contribution < -0.4 is 5.32 Å². The average Bonchev–Trinajstić information content (AvgIpc) is 3.18. The molecule has 1 aliphatic carbocycles. The molecule has 6 heteroatoms. The van der Waals surface area contributed by atoms with Crippen LogP contribution in [-0.2, 0) is 11.2 Å². The molecule has 118 valence electrons. The molecule has 0 saturated heterocycles. The summed E-state index contributed by atoms with van der Waals surface area (Å²) in [6.07, 6.45) is 6.65. The fourth-order valence-electron chi connectivity index (χ4n) is 2.74. The quantitative estimate of drug-likeness (QED) is 0.722. The van der Waals surface area contributed by atoms with Crippen LogP contribution in [0.25, 0.3) is 10.9 Å². The van der Waals surface area contributed by atoms with Crippen molar-refractivity contribution in [1.29, 1.82) is 0 Å². The Kier molecular flexibility index (Phi) is 3.83. The van der Waals surface area contributed by atoms with Crippen molar-refractivity contribution in [3.8, 4) is 0 Å². The van der Waals surface area contributed by atoms with Crippen molar-refractivity contribution >= 4 is 33.3 Å². The lowest BCUT2D eigenvalue weighted by Gasteiger charge is -2.01. The normalized spacial score (nSPS) is 14.3. The third-order valence-electron chi connectivity index (χ3n) is 4.14. The number of fused-ring (bicyclic) bond motifs is 1. The Morgan fingerprint density at radius 3 is 3.04 bits per heavy atom. The van der Waals surface area contributed by atoms with Crippen LogP contribution in [0.2, 0.25) is 0 Å². The zero-order chi connectivity index (χ0) is 15.6. The lowest BCUT2D eigenvalue weighted by Crippen LogP contribution is -2.11. The number of nitrogens with zero attached hydrogens (tertiary/aromatic N) is 2. The molecule has 0 radical (unpaired) electrons. The maximum Gasteiger partial charge on any atom is 0.226 e. The molecule has 3 aromatic rings. The number of hydrogen-bond donors (Lipinski definition) is 2. The standard InChI is InChI=1S/C17H18N4OS/c22-15(19-17-21-20-16(23-17)11-8-9-11)7-3-4-12-10-18-14-6-2-1-5-13(12)14/h1-2,5-6,10-11,18H,3-4,7-9H2,(H,19,21,22). The molecule has 1 fully saturated rings. The van der Waals surface area contributed by atoms with Crippen molar-refractivity contribution in [1.82, 2.24) is 15.2 Å². The molecule has 2 heterocycles. The number of amides is 1. The third kappa shape index (κ3) is 3.27. The monoisotopic (exact) mass is 326 g/mol. The van der Waals surface area contributed by atoms with Gasteiger partial charge in [-0.1, -0.05) is 29.5 Å². The van der Waals surface area contributed by atoms with Gasteiger partial charge in [0.05, 0.1) is 0 Å². The molecule has 5 nitrogen and oxygen atoms in total. The summed E-state index contributed by atoms with van der Waals surface area (Å²) in [5.74, 6) is 0.600. The first-order valence-electron chi connectivity index (χ1n) is 7.98. The number of aryl methyl sites for hydroxylation is 1. The number of carbonyl (C=O) groups excluding carboxylic acids is 1. The molecular formula is C17H18N4OS. The maximum atomic E-state index is 12.0. The first-order chi connectivity index (χ1) is 11.3. The molecule has 1 amide bonds. The second-order valence-corrected chi connectivity index (χ2v) is 6.99. The summed E-state index contributed by atoms with van der Waals surface area (Å²) in [6.45, 7) is 0. The summed E-state index contributed by atoms with van der Waals surface area (Å²) < 4.78 is 0. The predicted molar refractivity (Wildman–Crippen MR) is 91.8 cm³/mol. The molecule has 0 spiro atoms. The summed E-state index contributed by atoms with van der Waals surface area (Å²) in [4.78, 5) is 15.3. The summed E-state index contributed by atoms with van der Waals surface area (Å²) in [5, 5.41) is 14.0. The van der Waals surface area contributed by atoms with Gasteiger partial charge in [-0.2, -0.15) is 0 Å². The fraction of sp³-hybridized carbons (Fsp3) is 0.353. The van der Waals surface area contributed by atoms with E-state index in [1.807, 2.05) is 18.3 Å². The summed E-state index contributed by atoms with van der Waals surface area (Å²) in [5.41, 5.74) is 2.41. The van der Waals surface area contributed by atoms with Crippen LogP contribution in [0.3, 0.4) is 0 Å². The zero-order valence-electron chi connectivity index (χ0n) is 12.7. The Morgan fingerprint density at radius 1 is 1.30 bits per heavy atom. The van der Waals surface area contributed by atoms with Gasteiger partial charge in [0.15, 0.2) is 0 Å². The third-order valence-corrected chi connectivity index (χ3v) is 5.14. The second-order valence-electron chi connectivity index (χ2n) is 5.98. The van der Waals surface area contributed by atoms with E-state index in [9.17, 15) is 4.79 Å². The molecular weight excluding hydrogens is 308 g/mol. The minimum absolute atomic E-state index is 0.0170. The van der Waals surface area contributed by atoms with Crippen LogP contribution in [0.1, 0.15) is 42.2 Å². The minimum Gasteiger partial charge on any atom is -0.361 e. The van der Waals surface area contributed by atoms with Gasteiger partial charge >= 0.3 is 0 Å². The number of hydrogen-bond acceptors (Lipinski definition) is 4. The van der Waals surface area contributed by atoms with Gasteiger partial charge in [-0.3, -0.25) is 4.79 Å². The van der Waals surface area contributed by atoms with E-state index in [2.05, 4.69) is 32.6 Å². The van der Waals surface area contributed by atoms with E-state index in [4.69, 9.17) is 0 Å². The van der Waals surface area contributed by atoms with Crippen LogP contribution in [-0.4, -0.2) is 21.1 Å². The highest BCUT2D eigenvalue weighted by molar-refractivity contribution is 7.15. The maximum absolute atomic E-state index is 12.0. The number of rotatable bonds is 6. The number of aromatic nitrogens is 3. The van der Waals surface area contributed by atoms with E-state index in [0.717, 1.165) is 23.4 Å². The molecule has 1 aromatic carbocycles. The molecule has 1 aliphatic rings. The molecule has 0 atom stereocenters. The van der Waals surface area contributed by atoms with Crippen LogP contribution in [0.5, 0.6) is 0 Å². The lowest BCUT2D eigenvalue weighted by molar-refractivity contribution is -0.116. The number of benzene rings is 1. The molecule has 0 aliphatic heterocycles. The van der Waals surface area contributed by atoms with Crippen LogP contribution in [0.15, 0.2) is 30.5 Å². The van der Waals surface area contributed by atoms with Crippen molar-refractivity contribution in [2.45, 2.75) is 38.0 Å². The lowest BCUT2D eigenvalue weighted by atomic mass is 10.1. The van der Waals surface area contributed by atoms with Gasteiger partial charge in [0.25, 0.3) is 0 Å². The second kappa shape index (κ2) is 6.12. The van der Waals surface area contributed by atoms with Crippen molar-refractivity contribution in [3.05, 3.63) is 41.0 Å². The highest BCUT2D eigenvalue weighted by atomic mass is 32.1. The average molecular weight is 326 g/mol. The molecule has 4 rings (SSSR count). The summed E-state index contributed by atoms with van der Waals surface area (Å²) in [7, 11) is 0. The number of nitrogens with one attached hydrogen (secondary N) is 2. The highest BCUT2D eigenvalue weighted by Crippen LogP contribution is 2.42. The minimum atomic E-state index is 0.0170. The smallest absolute Gasteiger partial charge is 0.226 e. The van der Waals surface area contributed by atoms with E-state index in [-0.39, 0.29) is 5.91 Å². The van der Waals surface area contributed by atoms with E-state index in [1.54, 1.807) is 0 Å². The Bertz CT molecular complexity index is 834. The van der Waals surface area contributed by atoms with Crippen molar-refractivity contribution < 1.29 is 4.79 Å². The Hall–Kier alpha value is -2.21. The Labute approximate surface area is 138 Å². The number of H-pyrrole nitrogens is 1. The van der Waals surface area contributed by atoms with E-state index in [0.29, 0.717) is 17.5 Å². The topological polar surface area (TPSA) is 70.7 Å². The number of anilines is 1. The molecule has 23 heavy (non-hydrogen) atoms. The molecule has 2 aromatic heterocycles. The van der Waals surface area contributed by atoms with Gasteiger partial charge in [-0.15, -0.1) is 10.2 Å². The van der Waals surface area contributed by atoms with Gasteiger partial charge < -0.3 is 10.3 Å². The van der Waals surface area contributed by atoms with Crippen LogP contribution >= 0.6 is 11.3 Å². The largest absolute Gasteiger partial charge is 0.361 e. The van der Waals surface area contributed by atoms with Gasteiger partial charge in [-0.25, -0.2) is 0 Å². The Morgan fingerprint density at radius 2 is 2.17 bits per heavy atom. The van der Waals surface area contributed by atoms with Crippen LogP contribution in [0.4, 0.5) is 5.13 Å². The molecule has 2 N–H and O–H groups in total. The zero-order valence-corrected chi connectivity index (χ0v) is 13.5. The van der Waals surface area contributed by atoms with Gasteiger partial charge in [0.1, 0.15) is 5.01 Å². The van der Waals surface area contributed by atoms with Crippen molar-refractivity contribution in [2.24, 2.45) is 0 Å². The molecule has 0 unspecified atom stereocenters. The first-order valence-corrected chi connectivity index (χ1v) is 8.79. The fourth-order valence-corrected chi connectivity index (χ4v) is 3.67.